The lowest BCUT2D eigenvalue weighted by Crippen LogP contribution is -2.31. The molecule has 1 aliphatic heterocycles. The number of allylic oxidation sites excluding steroid dienone is 1. The van der Waals surface area contributed by atoms with Gasteiger partial charge in [-0.3, -0.25) is 0 Å². The number of hydrogen-bond acceptors (Lipinski definition) is 4. The Morgan fingerprint density at radius 1 is 0.970 bits per heavy atom. The minimum atomic E-state index is -4.42. The van der Waals surface area contributed by atoms with Crippen molar-refractivity contribution in [2.75, 3.05) is 12.8 Å². The highest BCUT2D eigenvalue weighted by atomic mass is 32.2. The molecule has 6 N–H and O–H groups in total. The molecule has 180 valence electrons. The van der Waals surface area contributed by atoms with Crippen molar-refractivity contribution in [1.82, 2.24) is 19.4 Å². The van der Waals surface area contributed by atoms with Crippen LogP contribution in [0.4, 0.5) is 13.2 Å². The maximum absolute atomic E-state index is 13.4. The summed E-state index contributed by atoms with van der Waals surface area (Å²) in [7, 11) is 3.28. The Morgan fingerprint density at radius 2 is 1.64 bits per heavy atom. The predicted molar refractivity (Wildman–Crippen MR) is 125 cm³/mol. The van der Waals surface area contributed by atoms with E-state index in [0.717, 1.165) is 33.7 Å². The molecule has 7 nitrogen and oxygen atoms in total. The zero-order valence-corrected chi connectivity index (χ0v) is 19.2. The van der Waals surface area contributed by atoms with Crippen molar-refractivity contribution in [1.29, 1.82) is 0 Å². The summed E-state index contributed by atoms with van der Waals surface area (Å²) >= 11 is 1.64. The number of fused-ring (bicyclic) bond motifs is 1. The van der Waals surface area contributed by atoms with E-state index in [1.807, 2.05) is 54.1 Å². The topological polar surface area (TPSA) is 128 Å². The minimum absolute atomic E-state index is 0. The molecule has 0 aliphatic carbocycles. The molecular formula is C22H27F3N4O3S. The SMILES string of the molecule is CCSc1ccc(-c2ccccc2)nc1-c1nc2c(n1C)CN(C)C(C(F)(F)F)=C2.O.O.O. The summed E-state index contributed by atoms with van der Waals surface area (Å²) in [6.07, 6.45) is -3.30. The van der Waals surface area contributed by atoms with Gasteiger partial charge < -0.3 is 25.9 Å². The van der Waals surface area contributed by atoms with Gasteiger partial charge in [-0.15, -0.1) is 11.8 Å². The molecule has 0 fully saturated rings. The molecule has 0 atom stereocenters. The van der Waals surface area contributed by atoms with Gasteiger partial charge in [0.15, 0.2) is 5.82 Å². The molecule has 3 heterocycles. The smallest absolute Gasteiger partial charge is 0.412 e. The van der Waals surface area contributed by atoms with Crippen LogP contribution in [-0.2, 0) is 13.6 Å². The van der Waals surface area contributed by atoms with Gasteiger partial charge in [0, 0.05) is 24.6 Å². The molecule has 0 saturated heterocycles. The molecule has 0 radical (unpaired) electrons. The molecule has 33 heavy (non-hydrogen) atoms. The second-order valence-electron chi connectivity index (χ2n) is 7.05. The Bertz CT molecular complexity index is 1120. The standard InChI is InChI=1S/C22H21F3N4S.3H2O/c1-4-30-18-11-10-15(14-8-6-5-7-9-14)26-20(18)21-27-16-12-19(22(23,24)25)28(2)13-17(16)29(21)3;;;/h5-12H,4,13H2,1-3H3;3*1H2. The summed E-state index contributed by atoms with van der Waals surface area (Å²) in [5.74, 6) is 1.42. The first kappa shape index (κ1) is 28.2. The molecule has 0 spiro atoms. The van der Waals surface area contributed by atoms with Crippen LogP contribution >= 0.6 is 11.8 Å². The van der Waals surface area contributed by atoms with Crippen molar-refractivity contribution < 1.29 is 29.6 Å². The number of thioether (sulfide) groups is 1. The van der Waals surface area contributed by atoms with E-state index in [9.17, 15) is 13.2 Å². The van der Waals surface area contributed by atoms with E-state index in [-0.39, 0.29) is 23.0 Å². The van der Waals surface area contributed by atoms with Crippen LogP contribution in [0, 0.1) is 0 Å². The molecule has 1 aromatic carbocycles. The van der Waals surface area contributed by atoms with Gasteiger partial charge in [-0.1, -0.05) is 37.3 Å². The van der Waals surface area contributed by atoms with Crippen LogP contribution in [0.3, 0.4) is 0 Å². The average Bonchev–Trinajstić information content (AvgIpc) is 3.03. The molecule has 0 saturated carbocycles. The Hall–Kier alpha value is -2.86. The van der Waals surface area contributed by atoms with Crippen LogP contribution in [0.5, 0.6) is 0 Å². The van der Waals surface area contributed by atoms with Crippen molar-refractivity contribution in [2.24, 2.45) is 7.05 Å². The maximum Gasteiger partial charge on any atom is 0.431 e. The Labute approximate surface area is 193 Å². The number of nitrogens with zero attached hydrogens (tertiary/aromatic N) is 4. The number of imidazole rings is 1. The number of benzene rings is 1. The normalized spacial score (nSPS) is 12.7. The van der Waals surface area contributed by atoms with E-state index < -0.39 is 11.9 Å². The van der Waals surface area contributed by atoms with Gasteiger partial charge in [-0.05, 0) is 24.0 Å². The quantitative estimate of drug-likeness (QED) is 0.527. The van der Waals surface area contributed by atoms with Gasteiger partial charge in [-0.25, -0.2) is 9.97 Å². The molecule has 2 aromatic heterocycles. The van der Waals surface area contributed by atoms with Gasteiger partial charge in [0.2, 0.25) is 0 Å². The second kappa shape index (κ2) is 10.8. The molecule has 3 aromatic rings. The zero-order valence-electron chi connectivity index (χ0n) is 18.4. The number of rotatable bonds is 4. The van der Waals surface area contributed by atoms with Gasteiger partial charge in [0.1, 0.15) is 11.4 Å². The summed E-state index contributed by atoms with van der Waals surface area (Å²) in [5, 5.41) is 0. The molecule has 0 unspecified atom stereocenters. The molecule has 0 amide bonds. The first-order valence-electron chi connectivity index (χ1n) is 9.55. The Morgan fingerprint density at radius 3 is 2.24 bits per heavy atom. The largest absolute Gasteiger partial charge is 0.431 e. The lowest BCUT2D eigenvalue weighted by molar-refractivity contribution is -0.109. The number of aromatic nitrogens is 3. The lowest BCUT2D eigenvalue weighted by atomic mass is 10.1. The molecule has 11 heteroatoms. The number of hydrogen-bond donors (Lipinski definition) is 0. The van der Waals surface area contributed by atoms with Crippen LogP contribution in [0.25, 0.3) is 28.9 Å². The summed E-state index contributed by atoms with van der Waals surface area (Å²) in [4.78, 5) is 11.6. The lowest BCUT2D eigenvalue weighted by Gasteiger charge is -2.27. The first-order chi connectivity index (χ1) is 14.3. The molecule has 0 bridgehead atoms. The van der Waals surface area contributed by atoms with Crippen LogP contribution in [0.1, 0.15) is 18.3 Å². The minimum Gasteiger partial charge on any atom is -0.412 e. The van der Waals surface area contributed by atoms with Crippen molar-refractivity contribution in [3.05, 3.63) is 59.5 Å². The van der Waals surface area contributed by atoms with E-state index >= 15 is 0 Å². The van der Waals surface area contributed by atoms with E-state index in [1.54, 1.807) is 11.8 Å². The van der Waals surface area contributed by atoms with Gasteiger partial charge in [0.25, 0.3) is 0 Å². The summed E-state index contributed by atoms with van der Waals surface area (Å²) < 4.78 is 41.9. The highest BCUT2D eigenvalue weighted by Gasteiger charge is 2.39. The third-order valence-corrected chi connectivity index (χ3v) is 5.98. The average molecular weight is 485 g/mol. The number of pyridine rings is 1. The molecular weight excluding hydrogens is 457 g/mol. The fourth-order valence-electron chi connectivity index (χ4n) is 3.56. The Kier molecular flexibility index (Phi) is 9.25. The van der Waals surface area contributed by atoms with Gasteiger partial charge in [0.05, 0.1) is 23.6 Å². The highest BCUT2D eigenvalue weighted by Crippen LogP contribution is 2.37. The van der Waals surface area contributed by atoms with Crippen molar-refractivity contribution >= 4 is 17.8 Å². The fourth-order valence-corrected chi connectivity index (χ4v) is 4.31. The summed E-state index contributed by atoms with van der Waals surface area (Å²) in [5.41, 5.74) is 2.86. The highest BCUT2D eigenvalue weighted by molar-refractivity contribution is 7.99. The molecule has 1 aliphatic rings. The fraction of sp³-hybridized carbons (Fsp3) is 0.273. The summed E-state index contributed by atoms with van der Waals surface area (Å²) in [6, 6.07) is 13.8. The number of alkyl halides is 3. The summed E-state index contributed by atoms with van der Waals surface area (Å²) in [6.45, 7) is 2.19. The maximum atomic E-state index is 13.4. The van der Waals surface area contributed by atoms with Crippen molar-refractivity contribution in [2.45, 2.75) is 24.5 Å². The van der Waals surface area contributed by atoms with Crippen LogP contribution < -0.4 is 0 Å². The zero-order chi connectivity index (χ0) is 21.5. The predicted octanol–water partition coefficient (Wildman–Crippen LogP) is 3.14. The van der Waals surface area contributed by atoms with E-state index in [1.165, 1.54) is 11.9 Å². The van der Waals surface area contributed by atoms with Crippen LogP contribution in [0.2, 0.25) is 0 Å². The Balaban J connectivity index is 0.00000181. The van der Waals surface area contributed by atoms with Crippen molar-refractivity contribution in [3.8, 4) is 22.8 Å². The second-order valence-corrected chi connectivity index (χ2v) is 8.36. The first-order valence-corrected chi connectivity index (χ1v) is 10.5. The van der Waals surface area contributed by atoms with Gasteiger partial charge in [-0.2, -0.15) is 13.2 Å². The van der Waals surface area contributed by atoms with E-state index in [4.69, 9.17) is 4.98 Å². The van der Waals surface area contributed by atoms with Crippen LogP contribution in [0.15, 0.2) is 53.1 Å². The monoisotopic (exact) mass is 484 g/mol. The van der Waals surface area contributed by atoms with E-state index in [0.29, 0.717) is 17.2 Å². The third kappa shape index (κ3) is 5.38. The van der Waals surface area contributed by atoms with Crippen LogP contribution in [-0.4, -0.2) is 54.8 Å². The van der Waals surface area contributed by atoms with Crippen molar-refractivity contribution in [3.63, 3.8) is 0 Å². The van der Waals surface area contributed by atoms with E-state index in [2.05, 4.69) is 11.9 Å². The number of halogens is 3. The van der Waals surface area contributed by atoms with Gasteiger partial charge >= 0.3 is 6.18 Å². The molecule has 4 rings (SSSR count). The third-order valence-electron chi connectivity index (χ3n) is 5.05.